The molecule has 0 heterocycles. The molecule has 0 radical (unpaired) electrons. The zero-order valence-electron chi connectivity index (χ0n) is 14.8. The van der Waals surface area contributed by atoms with Crippen LogP contribution in [0.15, 0.2) is 53.4 Å². The second-order valence-electron chi connectivity index (χ2n) is 5.73. The summed E-state index contributed by atoms with van der Waals surface area (Å²) in [5.41, 5.74) is 2.23. The highest BCUT2D eigenvalue weighted by atomic mass is 32.2. The van der Waals surface area contributed by atoms with Crippen molar-refractivity contribution in [2.75, 3.05) is 18.2 Å². The van der Waals surface area contributed by atoms with E-state index < -0.39 is 11.9 Å². The van der Waals surface area contributed by atoms with Gasteiger partial charge in [-0.15, -0.1) is 11.8 Å². The minimum absolute atomic E-state index is 0.0525. The van der Waals surface area contributed by atoms with Crippen molar-refractivity contribution >= 4 is 35.1 Å². The summed E-state index contributed by atoms with van der Waals surface area (Å²) in [4.78, 5) is 36.7. The Labute approximate surface area is 157 Å². The molecule has 0 bridgehead atoms. The minimum Gasteiger partial charge on any atom is -0.456 e. The molecule has 0 saturated heterocycles. The van der Waals surface area contributed by atoms with E-state index >= 15 is 0 Å². The number of esters is 1. The maximum absolute atomic E-state index is 12.1. The van der Waals surface area contributed by atoms with Gasteiger partial charge in [-0.25, -0.2) is 0 Å². The number of benzene rings is 2. The van der Waals surface area contributed by atoms with E-state index in [2.05, 4.69) is 5.32 Å². The van der Waals surface area contributed by atoms with Crippen molar-refractivity contribution in [2.24, 2.45) is 0 Å². The van der Waals surface area contributed by atoms with Crippen LogP contribution < -0.4 is 5.32 Å². The van der Waals surface area contributed by atoms with Crippen LogP contribution in [0.5, 0.6) is 0 Å². The number of thioether (sulfide) groups is 1. The maximum atomic E-state index is 12.1. The highest BCUT2D eigenvalue weighted by Crippen LogP contribution is 2.16. The fourth-order valence-corrected chi connectivity index (χ4v) is 2.68. The number of aryl methyl sites for hydroxylation is 1. The zero-order chi connectivity index (χ0) is 18.9. The molecule has 136 valence electrons. The van der Waals surface area contributed by atoms with Gasteiger partial charge in [0.25, 0.3) is 5.91 Å². The fraction of sp³-hybridized carbons (Fsp3) is 0.250. The number of rotatable bonds is 8. The Morgan fingerprint density at radius 2 is 1.77 bits per heavy atom. The van der Waals surface area contributed by atoms with Crippen molar-refractivity contribution in [2.45, 2.75) is 24.7 Å². The van der Waals surface area contributed by atoms with Crippen LogP contribution in [0.25, 0.3) is 0 Å². The summed E-state index contributed by atoms with van der Waals surface area (Å²) in [6, 6.07) is 14.5. The number of ketones is 1. The molecule has 0 fully saturated rings. The van der Waals surface area contributed by atoms with E-state index in [1.807, 2.05) is 43.5 Å². The first-order chi connectivity index (χ1) is 12.5. The largest absolute Gasteiger partial charge is 0.456 e. The van der Waals surface area contributed by atoms with Crippen LogP contribution in [0, 0.1) is 6.92 Å². The van der Waals surface area contributed by atoms with Gasteiger partial charge in [0.2, 0.25) is 0 Å². The van der Waals surface area contributed by atoms with Crippen LogP contribution in [-0.2, 0) is 14.3 Å². The number of hydrogen-bond acceptors (Lipinski definition) is 5. The van der Waals surface area contributed by atoms with Gasteiger partial charge < -0.3 is 10.1 Å². The normalized spacial score (nSPS) is 10.2. The summed E-state index contributed by atoms with van der Waals surface area (Å²) in [6.45, 7) is 1.55. The molecule has 0 spiro atoms. The monoisotopic (exact) mass is 371 g/mol. The molecule has 0 unspecified atom stereocenters. The summed E-state index contributed by atoms with van der Waals surface area (Å²) < 4.78 is 4.92. The Morgan fingerprint density at radius 1 is 1.04 bits per heavy atom. The van der Waals surface area contributed by atoms with Crippen molar-refractivity contribution in [3.8, 4) is 0 Å². The molecule has 0 atom stereocenters. The number of Topliss-reactive ketones (excluding diaryl/α,β-unsaturated/α-hetero) is 1. The molecule has 6 heteroatoms. The first kappa shape index (κ1) is 19.7. The molecule has 0 aliphatic rings. The van der Waals surface area contributed by atoms with Crippen molar-refractivity contribution in [1.82, 2.24) is 0 Å². The number of anilines is 1. The van der Waals surface area contributed by atoms with E-state index in [9.17, 15) is 14.4 Å². The molecule has 0 aliphatic heterocycles. The molecule has 2 rings (SSSR count). The molecule has 26 heavy (non-hydrogen) atoms. The first-order valence-electron chi connectivity index (χ1n) is 8.17. The number of carbonyl (C=O) groups is 3. The van der Waals surface area contributed by atoms with E-state index in [0.29, 0.717) is 11.3 Å². The third-order valence-electron chi connectivity index (χ3n) is 3.63. The molecule has 1 amide bonds. The Balaban J connectivity index is 1.72. The lowest BCUT2D eigenvalue weighted by Gasteiger charge is -2.07. The third kappa shape index (κ3) is 6.37. The van der Waals surface area contributed by atoms with Gasteiger partial charge in [-0.1, -0.05) is 24.3 Å². The molecule has 2 aromatic carbocycles. The second-order valence-corrected chi connectivity index (χ2v) is 6.61. The topological polar surface area (TPSA) is 72.5 Å². The average molecular weight is 371 g/mol. The molecule has 0 aromatic heterocycles. The highest BCUT2D eigenvalue weighted by Gasteiger charge is 2.12. The summed E-state index contributed by atoms with van der Waals surface area (Å²) in [5.74, 6) is -1.11. The lowest BCUT2D eigenvalue weighted by molar-refractivity contribution is -0.147. The molecule has 0 saturated carbocycles. The van der Waals surface area contributed by atoms with E-state index in [1.165, 1.54) is 0 Å². The molecular weight excluding hydrogens is 350 g/mol. The number of nitrogens with one attached hydrogen (secondary N) is 1. The highest BCUT2D eigenvalue weighted by molar-refractivity contribution is 7.98. The quantitative estimate of drug-likeness (QED) is 0.433. The SMILES string of the molecule is CSc1ccc(C(=O)CCC(=O)OCC(=O)Nc2cccc(C)c2)cc1. The average Bonchev–Trinajstić information content (AvgIpc) is 2.64. The Kier molecular flexibility index (Phi) is 7.41. The first-order valence-corrected chi connectivity index (χ1v) is 9.40. The molecule has 5 nitrogen and oxygen atoms in total. The fourth-order valence-electron chi connectivity index (χ4n) is 2.27. The van der Waals surface area contributed by atoms with Gasteiger partial charge in [0, 0.05) is 22.6 Å². The van der Waals surface area contributed by atoms with Crippen LogP contribution in [0.4, 0.5) is 5.69 Å². The smallest absolute Gasteiger partial charge is 0.306 e. The summed E-state index contributed by atoms with van der Waals surface area (Å²) in [6.07, 6.45) is 1.96. The molecule has 2 aromatic rings. The predicted octanol–water partition coefficient (Wildman–Crippen LogP) is 3.86. The van der Waals surface area contributed by atoms with Gasteiger partial charge in [0.05, 0.1) is 6.42 Å². The lowest BCUT2D eigenvalue weighted by atomic mass is 10.1. The van der Waals surface area contributed by atoms with Crippen LogP contribution in [0.2, 0.25) is 0 Å². The Bertz CT molecular complexity index is 787. The Morgan fingerprint density at radius 3 is 2.42 bits per heavy atom. The van der Waals surface area contributed by atoms with Crippen LogP contribution >= 0.6 is 11.8 Å². The summed E-state index contributed by atoms with van der Waals surface area (Å²) in [7, 11) is 0. The third-order valence-corrected chi connectivity index (χ3v) is 4.38. The standard InChI is InChI=1S/C20H21NO4S/c1-14-4-3-5-16(12-14)21-19(23)13-25-20(24)11-10-18(22)15-6-8-17(26-2)9-7-15/h3-9,12H,10-11,13H2,1-2H3,(H,21,23). The second kappa shape index (κ2) is 9.77. The summed E-state index contributed by atoms with van der Waals surface area (Å²) >= 11 is 1.59. The number of ether oxygens (including phenoxy) is 1. The van der Waals surface area contributed by atoms with Gasteiger partial charge in [-0.3, -0.25) is 14.4 Å². The molecule has 0 aliphatic carbocycles. The van der Waals surface area contributed by atoms with Crippen LogP contribution in [-0.4, -0.2) is 30.5 Å². The lowest BCUT2D eigenvalue weighted by Crippen LogP contribution is -2.21. The Hall–Kier alpha value is -2.60. The number of amides is 1. The predicted molar refractivity (Wildman–Crippen MR) is 103 cm³/mol. The maximum Gasteiger partial charge on any atom is 0.306 e. The van der Waals surface area contributed by atoms with Crippen molar-refractivity contribution in [3.05, 3.63) is 59.7 Å². The number of hydrogen-bond donors (Lipinski definition) is 1. The van der Waals surface area contributed by atoms with Gasteiger partial charge in [0.1, 0.15) is 0 Å². The van der Waals surface area contributed by atoms with Crippen molar-refractivity contribution in [1.29, 1.82) is 0 Å². The van der Waals surface area contributed by atoms with Crippen molar-refractivity contribution < 1.29 is 19.1 Å². The van der Waals surface area contributed by atoms with Gasteiger partial charge in [0.15, 0.2) is 12.4 Å². The minimum atomic E-state index is -0.571. The van der Waals surface area contributed by atoms with Crippen LogP contribution in [0.1, 0.15) is 28.8 Å². The zero-order valence-corrected chi connectivity index (χ0v) is 15.6. The van der Waals surface area contributed by atoms with Gasteiger partial charge >= 0.3 is 5.97 Å². The van der Waals surface area contributed by atoms with E-state index in [-0.39, 0.29) is 25.2 Å². The van der Waals surface area contributed by atoms with E-state index in [4.69, 9.17) is 4.74 Å². The van der Waals surface area contributed by atoms with E-state index in [1.54, 1.807) is 30.0 Å². The van der Waals surface area contributed by atoms with Gasteiger partial charge in [-0.2, -0.15) is 0 Å². The van der Waals surface area contributed by atoms with Crippen molar-refractivity contribution in [3.63, 3.8) is 0 Å². The van der Waals surface area contributed by atoms with Crippen LogP contribution in [0.3, 0.4) is 0 Å². The molecule has 1 N–H and O–H groups in total. The summed E-state index contributed by atoms with van der Waals surface area (Å²) in [5, 5.41) is 2.65. The van der Waals surface area contributed by atoms with Gasteiger partial charge in [-0.05, 0) is 43.0 Å². The van der Waals surface area contributed by atoms with E-state index in [0.717, 1.165) is 10.5 Å². The molecular formula is C20H21NO4S. The number of carbonyl (C=O) groups excluding carboxylic acids is 3.